The summed E-state index contributed by atoms with van der Waals surface area (Å²) in [5.74, 6) is 2.11. The molecule has 0 radical (unpaired) electrons. The number of hydrogen-bond donors (Lipinski definition) is 1. The quantitative estimate of drug-likeness (QED) is 0.515. The van der Waals surface area contributed by atoms with Crippen LogP contribution in [0.1, 0.15) is 11.1 Å². The van der Waals surface area contributed by atoms with Crippen LogP contribution in [0.4, 0.5) is 5.82 Å². The van der Waals surface area contributed by atoms with Crippen LogP contribution in [0, 0.1) is 0 Å². The van der Waals surface area contributed by atoms with E-state index in [2.05, 4.69) is 27.0 Å². The van der Waals surface area contributed by atoms with Crippen LogP contribution in [-0.2, 0) is 6.54 Å². The van der Waals surface area contributed by atoms with Crippen LogP contribution in [-0.4, -0.2) is 34.0 Å². The number of nitrogens with zero attached hydrogens (tertiary/aromatic N) is 4. The van der Waals surface area contributed by atoms with E-state index in [0.29, 0.717) is 18.0 Å². The third-order valence-electron chi connectivity index (χ3n) is 4.62. The molecule has 0 saturated heterocycles. The van der Waals surface area contributed by atoms with Gasteiger partial charge in [0.2, 0.25) is 0 Å². The molecule has 2 aromatic carbocycles. The monoisotopic (exact) mass is 387 g/mol. The van der Waals surface area contributed by atoms with E-state index in [0.717, 1.165) is 33.7 Å². The molecule has 2 aromatic heterocycles. The van der Waals surface area contributed by atoms with E-state index in [1.54, 1.807) is 31.2 Å². The summed E-state index contributed by atoms with van der Waals surface area (Å²) in [5.41, 5.74) is 3.71. The minimum atomic E-state index is 0.573. The van der Waals surface area contributed by atoms with Crippen molar-refractivity contribution < 1.29 is 9.47 Å². The second-order valence-corrected chi connectivity index (χ2v) is 6.36. The first-order chi connectivity index (χ1) is 14.2. The average molecular weight is 387 g/mol. The highest BCUT2D eigenvalue weighted by molar-refractivity contribution is 5.87. The molecule has 2 heterocycles. The molecule has 0 aliphatic carbocycles. The van der Waals surface area contributed by atoms with E-state index in [-0.39, 0.29) is 0 Å². The zero-order chi connectivity index (χ0) is 20.2. The van der Waals surface area contributed by atoms with Crippen LogP contribution in [0.15, 0.2) is 61.6 Å². The van der Waals surface area contributed by atoms with Crippen LogP contribution in [0.5, 0.6) is 11.5 Å². The fourth-order valence-corrected chi connectivity index (χ4v) is 3.13. The van der Waals surface area contributed by atoms with Gasteiger partial charge in [-0.15, -0.1) is 0 Å². The molecule has 146 valence electrons. The van der Waals surface area contributed by atoms with Gasteiger partial charge in [-0.2, -0.15) is 5.10 Å². The van der Waals surface area contributed by atoms with Gasteiger partial charge in [-0.25, -0.2) is 14.6 Å². The van der Waals surface area contributed by atoms with Gasteiger partial charge in [-0.05, 0) is 35.4 Å². The van der Waals surface area contributed by atoms with Gasteiger partial charge in [0.25, 0.3) is 0 Å². The summed E-state index contributed by atoms with van der Waals surface area (Å²) in [4.78, 5) is 8.82. The van der Waals surface area contributed by atoms with Crippen molar-refractivity contribution in [3.05, 3.63) is 72.7 Å². The smallest absolute Gasteiger partial charge is 0.168 e. The molecule has 0 aliphatic rings. The van der Waals surface area contributed by atoms with Crippen LogP contribution < -0.4 is 14.8 Å². The van der Waals surface area contributed by atoms with Crippen LogP contribution in [0.2, 0.25) is 0 Å². The molecule has 1 N–H and O–H groups in total. The highest BCUT2D eigenvalue weighted by Gasteiger charge is 2.12. The maximum Gasteiger partial charge on any atom is 0.168 e. The lowest BCUT2D eigenvalue weighted by Gasteiger charge is -2.11. The Morgan fingerprint density at radius 2 is 1.93 bits per heavy atom. The molecule has 0 unspecified atom stereocenters. The van der Waals surface area contributed by atoms with E-state index in [4.69, 9.17) is 9.47 Å². The van der Waals surface area contributed by atoms with E-state index in [9.17, 15) is 0 Å². The Morgan fingerprint density at radius 1 is 1.07 bits per heavy atom. The van der Waals surface area contributed by atoms with Crippen molar-refractivity contribution in [3.8, 4) is 17.2 Å². The van der Waals surface area contributed by atoms with E-state index < -0.39 is 0 Å². The van der Waals surface area contributed by atoms with Gasteiger partial charge >= 0.3 is 0 Å². The molecule has 4 aromatic rings. The van der Waals surface area contributed by atoms with Crippen LogP contribution >= 0.6 is 0 Å². The van der Waals surface area contributed by atoms with Crippen molar-refractivity contribution in [1.82, 2.24) is 19.7 Å². The predicted octanol–water partition coefficient (Wildman–Crippen LogP) is 4.09. The molecule has 29 heavy (non-hydrogen) atoms. The number of hydrogen-bond acceptors (Lipinski definition) is 6. The van der Waals surface area contributed by atoms with E-state index in [1.165, 1.54) is 6.33 Å². The summed E-state index contributed by atoms with van der Waals surface area (Å²) in [5, 5.41) is 8.72. The zero-order valence-electron chi connectivity index (χ0n) is 16.3. The number of anilines is 1. The zero-order valence-corrected chi connectivity index (χ0v) is 16.3. The molecule has 0 atom stereocenters. The summed E-state index contributed by atoms with van der Waals surface area (Å²) in [6.45, 7) is 4.40. The maximum atomic E-state index is 5.37. The first-order valence-electron chi connectivity index (χ1n) is 9.10. The molecule has 0 bridgehead atoms. The fraction of sp³-hybridized carbons (Fsp3) is 0.136. The Balaban J connectivity index is 1.62. The number of aromatic nitrogens is 4. The van der Waals surface area contributed by atoms with Gasteiger partial charge in [0.15, 0.2) is 17.1 Å². The molecule has 7 nitrogen and oxygen atoms in total. The lowest BCUT2D eigenvalue weighted by Crippen LogP contribution is -2.04. The topological polar surface area (TPSA) is 74.1 Å². The number of ether oxygens (including phenoxy) is 2. The first kappa shape index (κ1) is 18.5. The van der Waals surface area contributed by atoms with Gasteiger partial charge < -0.3 is 14.8 Å². The number of benzene rings is 2. The molecule has 4 rings (SSSR count). The number of methoxy groups -OCH3 is 2. The normalized spacial score (nSPS) is 10.7. The van der Waals surface area contributed by atoms with Crippen molar-refractivity contribution >= 4 is 22.9 Å². The minimum Gasteiger partial charge on any atom is -0.493 e. The largest absolute Gasteiger partial charge is 0.493 e. The van der Waals surface area contributed by atoms with Crippen molar-refractivity contribution in [2.45, 2.75) is 6.54 Å². The Kier molecular flexibility index (Phi) is 5.11. The molecular formula is C22H21N5O2. The first-order valence-corrected chi connectivity index (χ1v) is 9.10. The minimum absolute atomic E-state index is 0.573. The van der Waals surface area contributed by atoms with Crippen molar-refractivity contribution in [1.29, 1.82) is 0 Å². The molecule has 0 spiro atoms. The van der Waals surface area contributed by atoms with Crippen molar-refractivity contribution in [2.24, 2.45) is 0 Å². The number of fused-ring (bicyclic) bond motifs is 1. The van der Waals surface area contributed by atoms with Gasteiger partial charge in [0, 0.05) is 6.54 Å². The Hall–Kier alpha value is -3.87. The lowest BCUT2D eigenvalue weighted by atomic mass is 10.2. The van der Waals surface area contributed by atoms with Gasteiger partial charge in [0.1, 0.15) is 12.1 Å². The second-order valence-electron chi connectivity index (χ2n) is 6.36. The summed E-state index contributed by atoms with van der Waals surface area (Å²) in [6.07, 6.45) is 5.11. The average Bonchev–Trinajstić information content (AvgIpc) is 3.22. The van der Waals surface area contributed by atoms with E-state index in [1.807, 2.05) is 42.5 Å². The van der Waals surface area contributed by atoms with Crippen LogP contribution in [0.25, 0.3) is 22.8 Å². The fourth-order valence-electron chi connectivity index (χ4n) is 3.13. The van der Waals surface area contributed by atoms with Crippen molar-refractivity contribution in [2.75, 3.05) is 19.5 Å². The summed E-state index contributed by atoms with van der Waals surface area (Å²) < 4.78 is 12.5. The lowest BCUT2D eigenvalue weighted by molar-refractivity contribution is 0.354. The standard InChI is InChI=1S/C22H21N5O2/c1-4-15-6-5-7-17(10-15)27-22-18(13-26-27)21(24-14-25-22)23-12-16-8-9-19(28-2)20(11-16)29-3/h4-11,13-14H,1,12H2,2-3H3,(H,23,24,25). The van der Waals surface area contributed by atoms with Crippen molar-refractivity contribution in [3.63, 3.8) is 0 Å². The summed E-state index contributed by atoms with van der Waals surface area (Å²) in [7, 11) is 3.24. The molecule has 0 amide bonds. The SMILES string of the molecule is C=Cc1cccc(-n2ncc3c(NCc4ccc(OC)c(OC)c4)ncnc32)c1. The Labute approximate surface area is 168 Å². The third-order valence-corrected chi connectivity index (χ3v) is 4.62. The summed E-state index contributed by atoms with van der Waals surface area (Å²) in [6, 6.07) is 13.8. The number of rotatable bonds is 7. The predicted molar refractivity (Wildman–Crippen MR) is 114 cm³/mol. The number of nitrogens with one attached hydrogen (secondary N) is 1. The van der Waals surface area contributed by atoms with E-state index >= 15 is 0 Å². The maximum absolute atomic E-state index is 5.37. The highest BCUT2D eigenvalue weighted by atomic mass is 16.5. The van der Waals surface area contributed by atoms with Gasteiger partial charge in [0.05, 0.1) is 31.5 Å². The molecule has 7 heteroatoms. The Morgan fingerprint density at radius 3 is 2.72 bits per heavy atom. The Bertz CT molecular complexity index is 1170. The molecule has 0 aliphatic heterocycles. The van der Waals surface area contributed by atoms with Gasteiger partial charge in [-0.3, -0.25) is 0 Å². The highest BCUT2D eigenvalue weighted by Crippen LogP contribution is 2.28. The summed E-state index contributed by atoms with van der Waals surface area (Å²) >= 11 is 0. The molecule has 0 saturated carbocycles. The third kappa shape index (κ3) is 3.62. The van der Waals surface area contributed by atoms with Gasteiger partial charge in [-0.1, -0.05) is 30.9 Å². The molecule has 0 fully saturated rings. The molecular weight excluding hydrogens is 366 g/mol. The second kappa shape index (κ2) is 8.02. The van der Waals surface area contributed by atoms with Crippen LogP contribution in [0.3, 0.4) is 0 Å².